The molecule has 3 rings (SSSR count). The van der Waals surface area contributed by atoms with E-state index in [1.807, 2.05) is 11.1 Å². The van der Waals surface area contributed by atoms with E-state index in [1.54, 1.807) is 6.20 Å². The molecule has 1 amide bonds. The van der Waals surface area contributed by atoms with Crippen LogP contribution in [0.3, 0.4) is 0 Å². The molecule has 0 aliphatic carbocycles. The van der Waals surface area contributed by atoms with Gasteiger partial charge in [-0.1, -0.05) is 0 Å². The number of ether oxygens (including phenoxy) is 1. The van der Waals surface area contributed by atoms with E-state index in [9.17, 15) is 4.79 Å². The first-order valence-electron chi connectivity index (χ1n) is 8.38. The fourth-order valence-electron chi connectivity index (χ4n) is 3.36. The maximum Gasteiger partial charge on any atom is 0.248 e. The first-order chi connectivity index (χ1) is 10.8. The third-order valence-electron chi connectivity index (χ3n) is 4.79. The summed E-state index contributed by atoms with van der Waals surface area (Å²) in [5.74, 6) is 2.24. The minimum Gasteiger partial charge on any atom is -0.371 e. The number of hydrogen-bond donors (Lipinski definition) is 2. The van der Waals surface area contributed by atoms with Gasteiger partial charge in [-0.15, -0.1) is 0 Å². The Bertz CT molecular complexity index is 449. The highest BCUT2D eigenvalue weighted by Gasteiger charge is 2.25. The van der Waals surface area contributed by atoms with Crippen LogP contribution < -0.4 is 5.32 Å². The first-order valence-corrected chi connectivity index (χ1v) is 8.38. The predicted molar refractivity (Wildman–Crippen MR) is 83.6 cm³/mol. The molecular weight excluding hydrogens is 280 g/mol. The standard InChI is InChI=1S/C16H26N4O2/c21-15(12-22-11-13-1-5-17-6-2-13)20-9-3-14(4-10-20)16-18-7-8-19-16/h7-8,13-14,17H,1-6,9-12H2,(H,18,19). The summed E-state index contributed by atoms with van der Waals surface area (Å²) in [5, 5.41) is 3.34. The molecule has 2 fully saturated rings. The van der Waals surface area contributed by atoms with E-state index in [0.717, 1.165) is 64.3 Å². The number of nitrogens with zero attached hydrogens (tertiary/aromatic N) is 2. The number of aromatic nitrogens is 2. The number of piperidine rings is 2. The lowest BCUT2D eigenvalue weighted by Crippen LogP contribution is -2.40. The van der Waals surface area contributed by atoms with Gasteiger partial charge in [0.2, 0.25) is 5.91 Å². The number of likely N-dealkylation sites (tertiary alicyclic amines) is 1. The van der Waals surface area contributed by atoms with Gasteiger partial charge in [-0.25, -0.2) is 4.98 Å². The Balaban J connectivity index is 1.35. The second-order valence-electron chi connectivity index (χ2n) is 6.34. The summed E-state index contributed by atoms with van der Waals surface area (Å²) in [6, 6.07) is 0. The highest BCUT2D eigenvalue weighted by molar-refractivity contribution is 5.77. The Morgan fingerprint density at radius 1 is 1.27 bits per heavy atom. The molecule has 2 aliphatic rings. The molecule has 0 saturated carbocycles. The Labute approximate surface area is 131 Å². The van der Waals surface area contributed by atoms with E-state index in [2.05, 4.69) is 15.3 Å². The number of nitrogens with one attached hydrogen (secondary N) is 2. The van der Waals surface area contributed by atoms with E-state index in [0.29, 0.717) is 11.8 Å². The summed E-state index contributed by atoms with van der Waals surface area (Å²) in [4.78, 5) is 21.6. The lowest BCUT2D eigenvalue weighted by molar-refractivity contribution is -0.137. The molecule has 0 atom stereocenters. The lowest BCUT2D eigenvalue weighted by atomic mass is 9.96. The molecule has 122 valence electrons. The molecule has 6 nitrogen and oxygen atoms in total. The summed E-state index contributed by atoms with van der Waals surface area (Å²) >= 11 is 0. The predicted octanol–water partition coefficient (Wildman–Crippen LogP) is 1.13. The first kappa shape index (κ1) is 15.5. The van der Waals surface area contributed by atoms with Crippen molar-refractivity contribution in [3.05, 3.63) is 18.2 Å². The summed E-state index contributed by atoms with van der Waals surface area (Å²) < 4.78 is 5.65. The highest BCUT2D eigenvalue weighted by atomic mass is 16.5. The van der Waals surface area contributed by atoms with Crippen LogP contribution in [0.15, 0.2) is 12.4 Å². The fourth-order valence-corrected chi connectivity index (χ4v) is 3.36. The Morgan fingerprint density at radius 2 is 2.05 bits per heavy atom. The van der Waals surface area contributed by atoms with Crippen LogP contribution in [0.5, 0.6) is 0 Å². The van der Waals surface area contributed by atoms with E-state index >= 15 is 0 Å². The molecule has 2 saturated heterocycles. The number of aromatic amines is 1. The number of amides is 1. The van der Waals surface area contributed by atoms with Gasteiger partial charge in [-0.2, -0.15) is 0 Å². The van der Waals surface area contributed by atoms with Crippen LogP contribution in [-0.2, 0) is 9.53 Å². The van der Waals surface area contributed by atoms with Crippen molar-refractivity contribution < 1.29 is 9.53 Å². The van der Waals surface area contributed by atoms with Crippen LogP contribution in [0.1, 0.15) is 37.4 Å². The van der Waals surface area contributed by atoms with Gasteiger partial charge < -0.3 is 19.9 Å². The third-order valence-corrected chi connectivity index (χ3v) is 4.79. The molecule has 0 unspecified atom stereocenters. The molecule has 0 spiro atoms. The topological polar surface area (TPSA) is 70.2 Å². The third kappa shape index (κ3) is 4.08. The van der Waals surface area contributed by atoms with Crippen molar-refractivity contribution in [3.8, 4) is 0 Å². The molecule has 1 aromatic rings. The minimum atomic E-state index is 0.131. The Kier molecular flexibility index (Phi) is 5.45. The lowest BCUT2D eigenvalue weighted by Gasteiger charge is -2.31. The van der Waals surface area contributed by atoms with Gasteiger partial charge in [-0.05, 0) is 44.7 Å². The molecule has 1 aromatic heterocycles. The van der Waals surface area contributed by atoms with Gasteiger partial charge in [0.25, 0.3) is 0 Å². The van der Waals surface area contributed by atoms with Gasteiger partial charge in [0.05, 0.1) is 6.61 Å². The van der Waals surface area contributed by atoms with Crippen LogP contribution in [0.25, 0.3) is 0 Å². The number of carbonyl (C=O) groups excluding carboxylic acids is 1. The SMILES string of the molecule is O=C(COCC1CCNCC1)N1CCC(c2ncc[nH]2)CC1. The van der Waals surface area contributed by atoms with Gasteiger partial charge in [0, 0.05) is 31.4 Å². The number of imidazole rings is 1. The second-order valence-corrected chi connectivity index (χ2v) is 6.34. The van der Waals surface area contributed by atoms with E-state index in [-0.39, 0.29) is 12.5 Å². The van der Waals surface area contributed by atoms with Crippen molar-refractivity contribution in [2.24, 2.45) is 5.92 Å². The summed E-state index contributed by atoms with van der Waals surface area (Å²) in [6.07, 6.45) is 7.93. The zero-order valence-corrected chi connectivity index (χ0v) is 13.1. The smallest absolute Gasteiger partial charge is 0.248 e. The molecular formula is C16H26N4O2. The largest absolute Gasteiger partial charge is 0.371 e. The zero-order valence-electron chi connectivity index (χ0n) is 13.1. The van der Waals surface area contributed by atoms with Crippen LogP contribution >= 0.6 is 0 Å². The van der Waals surface area contributed by atoms with Crippen LogP contribution in [-0.4, -0.2) is 60.2 Å². The van der Waals surface area contributed by atoms with Crippen LogP contribution in [0.2, 0.25) is 0 Å². The monoisotopic (exact) mass is 306 g/mol. The quantitative estimate of drug-likeness (QED) is 0.855. The van der Waals surface area contributed by atoms with Gasteiger partial charge in [0.1, 0.15) is 12.4 Å². The number of H-pyrrole nitrogens is 1. The summed E-state index contributed by atoms with van der Waals surface area (Å²) in [7, 11) is 0. The second kappa shape index (κ2) is 7.74. The highest BCUT2D eigenvalue weighted by Crippen LogP contribution is 2.25. The van der Waals surface area contributed by atoms with Crippen LogP contribution in [0, 0.1) is 5.92 Å². The van der Waals surface area contributed by atoms with Crippen molar-refractivity contribution in [1.82, 2.24) is 20.2 Å². The summed E-state index contributed by atoms with van der Waals surface area (Å²) in [6.45, 7) is 4.71. The van der Waals surface area contributed by atoms with Crippen molar-refractivity contribution in [2.75, 3.05) is 39.4 Å². The Morgan fingerprint density at radius 3 is 2.73 bits per heavy atom. The zero-order chi connectivity index (χ0) is 15.2. The molecule has 6 heteroatoms. The molecule has 0 bridgehead atoms. The van der Waals surface area contributed by atoms with Crippen molar-refractivity contribution in [1.29, 1.82) is 0 Å². The summed E-state index contributed by atoms with van der Waals surface area (Å²) in [5.41, 5.74) is 0. The van der Waals surface area contributed by atoms with Crippen LogP contribution in [0.4, 0.5) is 0 Å². The molecule has 0 aromatic carbocycles. The maximum atomic E-state index is 12.2. The van der Waals surface area contributed by atoms with Crippen molar-refractivity contribution in [2.45, 2.75) is 31.6 Å². The van der Waals surface area contributed by atoms with E-state index < -0.39 is 0 Å². The normalized spacial score (nSPS) is 21.2. The van der Waals surface area contributed by atoms with E-state index in [1.165, 1.54) is 0 Å². The van der Waals surface area contributed by atoms with Gasteiger partial charge >= 0.3 is 0 Å². The molecule has 2 aliphatic heterocycles. The number of rotatable bonds is 5. The average molecular weight is 306 g/mol. The molecule has 22 heavy (non-hydrogen) atoms. The minimum absolute atomic E-state index is 0.131. The number of hydrogen-bond acceptors (Lipinski definition) is 4. The van der Waals surface area contributed by atoms with Gasteiger partial charge in [-0.3, -0.25) is 4.79 Å². The maximum absolute atomic E-state index is 12.2. The van der Waals surface area contributed by atoms with E-state index in [4.69, 9.17) is 4.74 Å². The van der Waals surface area contributed by atoms with Gasteiger partial charge in [0.15, 0.2) is 0 Å². The fraction of sp³-hybridized carbons (Fsp3) is 0.750. The van der Waals surface area contributed by atoms with Crippen molar-refractivity contribution >= 4 is 5.91 Å². The Hall–Kier alpha value is -1.40. The van der Waals surface area contributed by atoms with Crippen molar-refractivity contribution in [3.63, 3.8) is 0 Å². The molecule has 0 radical (unpaired) electrons. The molecule has 2 N–H and O–H groups in total. The number of carbonyl (C=O) groups is 1. The average Bonchev–Trinajstić information content (AvgIpc) is 3.10. The molecule has 3 heterocycles.